The van der Waals surface area contributed by atoms with Crippen molar-refractivity contribution in [1.29, 1.82) is 0 Å². The van der Waals surface area contributed by atoms with Crippen molar-refractivity contribution in [2.75, 3.05) is 18.5 Å². The zero-order chi connectivity index (χ0) is 15.1. The van der Waals surface area contributed by atoms with Crippen molar-refractivity contribution in [1.82, 2.24) is 0 Å². The third-order valence-corrected chi connectivity index (χ3v) is 3.00. The van der Waals surface area contributed by atoms with Crippen LogP contribution in [0, 0.1) is 6.92 Å². The molecule has 4 nitrogen and oxygen atoms in total. The van der Waals surface area contributed by atoms with Gasteiger partial charge in [-0.3, -0.25) is 4.79 Å². The minimum absolute atomic E-state index is 0.0344. The minimum Gasteiger partial charge on any atom is -0.484 e. The predicted molar refractivity (Wildman–Crippen MR) is 82.5 cm³/mol. The molecule has 2 rings (SSSR count). The fourth-order valence-corrected chi connectivity index (χ4v) is 1.95. The van der Waals surface area contributed by atoms with Gasteiger partial charge in [-0.1, -0.05) is 24.3 Å². The molecule has 21 heavy (non-hydrogen) atoms. The largest absolute Gasteiger partial charge is 0.484 e. The van der Waals surface area contributed by atoms with Gasteiger partial charge in [-0.15, -0.1) is 0 Å². The molecular weight excluding hydrogens is 266 g/mol. The Hall–Kier alpha value is -2.33. The van der Waals surface area contributed by atoms with Gasteiger partial charge in [-0.25, -0.2) is 0 Å². The second-order valence-electron chi connectivity index (χ2n) is 4.82. The van der Waals surface area contributed by atoms with Crippen LogP contribution in [0.15, 0.2) is 48.5 Å². The number of hydrogen-bond donors (Lipinski definition) is 2. The lowest BCUT2D eigenvalue weighted by Gasteiger charge is -2.08. The van der Waals surface area contributed by atoms with Gasteiger partial charge in [0.1, 0.15) is 5.75 Å². The Morgan fingerprint density at radius 2 is 1.95 bits per heavy atom. The fraction of sp³-hybridized carbons (Fsp3) is 0.235. The van der Waals surface area contributed by atoms with Crippen LogP contribution in [0.4, 0.5) is 5.69 Å². The first-order chi connectivity index (χ1) is 10.2. The summed E-state index contributed by atoms with van der Waals surface area (Å²) in [6, 6.07) is 15.0. The van der Waals surface area contributed by atoms with Crippen molar-refractivity contribution in [3.05, 3.63) is 59.7 Å². The average Bonchev–Trinajstić information content (AvgIpc) is 2.47. The highest BCUT2D eigenvalue weighted by molar-refractivity contribution is 5.91. The molecule has 2 aromatic carbocycles. The molecule has 0 unspecified atom stereocenters. The number of aliphatic hydroxyl groups excluding tert-OH is 1. The van der Waals surface area contributed by atoms with Gasteiger partial charge in [0, 0.05) is 12.3 Å². The van der Waals surface area contributed by atoms with E-state index in [1.54, 1.807) is 12.1 Å². The van der Waals surface area contributed by atoms with Crippen LogP contribution in [0.1, 0.15) is 11.1 Å². The summed E-state index contributed by atoms with van der Waals surface area (Å²) in [4.78, 5) is 11.8. The Morgan fingerprint density at radius 1 is 1.19 bits per heavy atom. The fourth-order valence-electron chi connectivity index (χ4n) is 1.95. The molecule has 1 amide bonds. The first kappa shape index (κ1) is 15.1. The van der Waals surface area contributed by atoms with E-state index >= 15 is 0 Å². The highest BCUT2D eigenvalue weighted by Gasteiger charge is 2.04. The molecular formula is C17H19NO3. The molecule has 2 aromatic rings. The summed E-state index contributed by atoms with van der Waals surface area (Å²) >= 11 is 0. The van der Waals surface area contributed by atoms with Gasteiger partial charge < -0.3 is 15.2 Å². The van der Waals surface area contributed by atoms with Gasteiger partial charge >= 0.3 is 0 Å². The second-order valence-corrected chi connectivity index (χ2v) is 4.82. The summed E-state index contributed by atoms with van der Waals surface area (Å²) in [6.45, 7) is 2.06. The number of aryl methyl sites for hydroxylation is 1. The van der Waals surface area contributed by atoms with Crippen LogP contribution >= 0.6 is 0 Å². The molecule has 2 N–H and O–H groups in total. The van der Waals surface area contributed by atoms with Crippen LogP contribution in [0.25, 0.3) is 0 Å². The number of carbonyl (C=O) groups is 1. The van der Waals surface area contributed by atoms with E-state index in [1.807, 2.05) is 43.3 Å². The first-order valence-electron chi connectivity index (χ1n) is 6.86. The van der Waals surface area contributed by atoms with Gasteiger partial charge in [-0.2, -0.15) is 0 Å². The molecule has 0 radical (unpaired) electrons. The number of hydrogen-bond acceptors (Lipinski definition) is 3. The van der Waals surface area contributed by atoms with Crippen LogP contribution in [0.5, 0.6) is 5.75 Å². The third-order valence-electron chi connectivity index (χ3n) is 3.00. The summed E-state index contributed by atoms with van der Waals surface area (Å²) in [6.07, 6.45) is 0.619. The molecule has 0 saturated heterocycles. The van der Waals surface area contributed by atoms with Gasteiger partial charge in [-0.05, 0) is 48.7 Å². The van der Waals surface area contributed by atoms with Crippen molar-refractivity contribution in [3.8, 4) is 5.75 Å². The lowest BCUT2D eigenvalue weighted by atomic mass is 10.1. The Morgan fingerprint density at radius 3 is 2.62 bits per heavy atom. The smallest absolute Gasteiger partial charge is 0.262 e. The maximum atomic E-state index is 11.8. The van der Waals surface area contributed by atoms with E-state index in [4.69, 9.17) is 9.84 Å². The molecule has 0 saturated carbocycles. The van der Waals surface area contributed by atoms with E-state index < -0.39 is 0 Å². The Labute approximate surface area is 124 Å². The molecule has 0 spiro atoms. The second kappa shape index (κ2) is 7.45. The van der Waals surface area contributed by atoms with Gasteiger partial charge in [0.25, 0.3) is 5.91 Å². The number of nitrogens with one attached hydrogen (secondary N) is 1. The maximum absolute atomic E-state index is 11.8. The summed E-state index contributed by atoms with van der Waals surface area (Å²) in [5, 5.41) is 11.6. The molecule has 0 aliphatic rings. The van der Waals surface area contributed by atoms with E-state index in [1.165, 1.54) is 0 Å². The summed E-state index contributed by atoms with van der Waals surface area (Å²) in [5.41, 5.74) is 2.89. The van der Waals surface area contributed by atoms with Crippen molar-refractivity contribution in [2.24, 2.45) is 0 Å². The third kappa shape index (κ3) is 4.93. The Balaban J connectivity index is 1.83. The van der Waals surface area contributed by atoms with Crippen molar-refractivity contribution >= 4 is 11.6 Å². The molecule has 0 fully saturated rings. The lowest BCUT2D eigenvalue weighted by molar-refractivity contribution is -0.118. The normalized spacial score (nSPS) is 10.2. The van der Waals surface area contributed by atoms with Crippen LogP contribution in [0.3, 0.4) is 0 Å². The minimum atomic E-state index is -0.194. The molecule has 0 aromatic heterocycles. The van der Waals surface area contributed by atoms with E-state index in [0.717, 1.165) is 16.8 Å². The van der Waals surface area contributed by atoms with E-state index in [0.29, 0.717) is 12.2 Å². The number of amides is 1. The van der Waals surface area contributed by atoms with Crippen molar-refractivity contribution < 1.29 is 14.6 Å². The van der Waals surface area contributed by atoms with Crippen LogP contribution in [-0.2, 0) is 11.2 Å². The Kier molecular flexibility index (Phi) is 5.35. The van der Waals surface area contributed by atoms with Gasteiger partial charge in [0.2, 0.25) is 0 Å². The number of aliphatic hydroxyl groups is 1. The molecule has 110 valence electrons. The Bertz CT molecular complexity index is 593. The summed E-state index contributed by atoms with van der Waals surface area (Å²) < 4.78 is 5.43. The van der Waals surface area contributed by atoms with Crippen molar-refractivity contribution in [2.45, 2.75) is 13.3 Å². The van der Waals surface area contributed by atoms with E-state index in [2.05, 4.69) is 5.32 Å². The van der Waals surface area contributed by atoms with Crippen LogP contribution in [0.2, 0.25) is 0 Å². The van der Waals surface area contributed by atoms with Crippen molar-refractivity contribution in [3.63, 3.8) is 0 Å². The number of rotatable bonds is 6. The number of carbonyl (C=O) groups excluding carboxylic acids is 1. The highest BCUT2D eigenvalue weighted by Crippen LogP contribution is 2.13. The number of benzene rings is 2. The van der Waals surface area contributed by atoms with E-state index in [9.17, 15) is 4.79 Å². The predicted octanol–water partition coefficient (Wildman–Crippen LogP) is 2.55. The quantitative estimate of drug-likeness (QED) is 0.857. The molecule has 0 aliphatic carbocycles. The van der Waals surface area contributed by atoms with Gasteiger partial charge in [0.15, 0.2) is 6.61 Å². The summed E-state index contributed by atoms with van der Waals surface area (Å²) in [7, 11) is 0. The molecule has 0 atom stereocenters. The molecule has 0 heterocycles. The van der Waals surface area contributed by atoms with E-state index in [-0.39, 0.29) is 19.1 Å². The number of ether oxygens (including phenoxy) is 1. The first-order valence-corrected chi connectivity index (χ1v) is 6.86. The van der Waals surface area contributed by atoms with Crippen LogP contribution in [-0.4, -0.2) is 24.2 Å². The molecule has 0 bridgehead atoms. The van der Waals surface area contributed by atoms with Crippen LogP contribution < -0.4 is 10.1 Å². The number of anilines is 1. The topological polar surface area (TPSA) is 58.6 Å². The maximum Gasteiger partial charge on any atom is 0.262 e. The zero-order valence-corrected chi connectivity index (χ0v) is 12.0. The van der Waals surface area contributed by atoms with Gasteiger partial charge in [0.05, 0.1) is 0 Å². The lowest BCUT2D eigenvalue weighted by Crippen LogP contribution is -2.20. The standard InChI is InChI=1S/C17H19NO3/c1-13-3-2-4-15(11-13)18-17(20)12-21-16-7-5-14(6-8-16)9-10-19/h2-8,11,19H,9-10,12H2,1H3,(H,18,20). The SMILES string of the molecule is Cc1cccc(NC(=O)COc2ccc(CCO)cc2)c1. The average molecular weight is 285 g/mol. The summed E-state index contributed by atoms with van der Waals surface area (Å²) in [5.74, 6) is 0.441. The highest BCUT2D eigenvalue weighted by atomic mass is 16.5. The monoisotopic (exact) mass is 285 g/mol. The molecule has 4 heteroatoms. The zero-order valence-electron chi connectivity index (χ0n) is 12.0. The molecule has 0 aliphatic heterocycles.